The Labute approximate surface area is 184 Å². The van der Waals surface area contributed by atoms with Crippen molar-refractivity contribution in [1.82, 2.24) is 23.9 Å². The van der Waals surface area contributed by atoms with E-state index in [9.17, 15) is 18.0 Å². The molecule has 3 fully saturated rings. The Hall–Kier alpha value is -1.94. The van der Waals surface area contributed by atoms with E-state index in [4.69, 9.17) is 0 Å². The zero-order valence-electron chi connectivity index (χ0n) is 18.8. The van der Waals surface area contributed by atoms with Crippen LogP contribution in [0.2, 0.25) is 0 Å². The monoisotopic (exact) mass is 451 g/mol. The van der Waals surface area contributed by atoms with Crippen molar-refractivity contribution in [2.45, 2.75) is 58.2 Å². The molecule has 0 spiro atoms. The fourth-order valence-corrected chi connectivity index (χ4v) is 6.74. The second-order valence-electron chi connectivity index (χ2n) is 9.49. The number of carbonyl (C=O) groups is 2. The fraction of sp³-hybridized carbons (Fsp3) is 0.762. The van der Waals surface area contributed by atoms with Crippen LogP contribution in [0.1, 0.15) is 55.7 Å². The van der Waals surface area contributed by atoms with Crippen LogP contribution in [0.15, 0.2) is 6.07 Å². The van der Waals surface area contributed by atoms with Crippen LogP contribution in [0.5, 0.6) is 0 Å². The van der Waals surface area contributed by atoms with E-state index in [-0.39, 0.29) is 17.7 Å². The number of aromatic nitrogens is 2. The number of hydrogen-bond donors (Lipinski definition) is 0. The number of carbonyl (C=O) groups excluding carboxylic acids is 2. The normalized spacial score (nSPS) is 27.4. The molecule has 4 heterocycles. The summed E-state index contributed by atoms with van der Waals surface area (Å²) in [7, 11) is -1.92. The second-order valence-corrected chi connectivity index (χ2v) is 11.4. The highest BCUT2D eigenvalue weighted by Crippen LogP contribution is 2.41. The van der Waals surface area contributed by atoms with E-state index in [2.05, 4.69) is 10.00 Å². The average Bonchev–Trinajstić information content (AvgIpc) is 3.33. The fourth-order valence-electron chi connectivity index (χ4n) is 5.57. The molecule has 0 aliphatic carbocycles. The van der Waals surface area contributed by atoms with E-state index in [1.807, 2.05) is 19.9 Å². The second kappa shape index (κ2) is 8.20. The van der Waals surface area contributed by atoms with E-state index >= 15 is 0 Å². The van der Waals surface area contributed by atoms with Crippen LogP contribution in [-0.2, 0) is 28.4 Å². The first-order valence-corrected chi connectivity index (χ1v) is 13.0. The van der Waals surface area contributed by atoms with Crippen molar-refractivity contribution in [2.24, 2.45) is 18.9 Å². The maximum Gasteiger partial charge on any atom is 0.272 e. The van der Waals surface area contributed by atoms with Crippen LogP contribution in [0.4, 0.5) is 0 Å². The summed E-state index contributed by atoms with van der Waals surface area (Å²) in [5.41, 5.74) is 1.35. The summed E-state index contributed by atoms with van der Waals surface area (Å²) in [6, 6.07) is 0.926. The van der Waals surface area contributed by atoms with Crippen LogP contribution >= 0.6 is 0 Å². The predicted octanol–water partition coefficient (Wildman–Crippen LogP) is 1.06. The molecule has 9 nitrogen and oxygen atoms in total. The van der Waals surface area contributed by atoms with Gasteiger partial charge in [0.1, 0.15) is 5.69 Å². The van der Waals surface area contributed by atoms with Gasteiger partial charge in [-0.3, -0.25) is 19.2 Å². The number of rotatable bonds is 5. The van der Waals surface area contributed by atoms with E-state index in [0.717, 1.165) is 35.9 Å². The number of piperidine rings is 1. The topological polar surface area (TPSA) is 95.8 Å². The smallest absolute Gasteiger partial charge is 0.272 e. The highest BCUT2D eigenvalue weighted by Gasteiger charge is 2.58. The number of fused-ring (bicyclic) bond motifs is 1. The third kappa shape index (κ3) is 4.00. The molecule has 0 unspecified atom stereocenters. The van der Waals surface area contributed by atoms with Gasteiger partial charge in [-0.2, -0.15) is 5.10 Å². The zero-order chi connectivity index (χ0) is 22.5. The zero-order valence-corrected chi connectivity index (χ0v) is 19.6. The van der Waals surface area contributed by atoms with Crippen molar-refractivity contribution in [3.8, 4) is 0 Å². The molecule has 3 aliphatic rings. The lowest BCUT2D eigenvalue weighted by Crippen LogP contribution is -2.44. The molecule has 3 aliphatic heterocycles. The molecule has 0 bridgehead atoms. The molecule has 3 saturated heterocycles. The molecule has 10 heteroatoms. The van der Waals surface area contributed by atoms with Crippen molar-refractivity contribution >= 4 is 21.8 Å². The van der Waals surface area contributed by atoms with E-state index < -0.39 is 28.0 Å². The molecule has 3 atom stereocenters. The molecular formula is C21H33N5O4S. The Bertz CT molecular complexity index is 966. The van der Waals surface area contributed by atoms with Crippen molar-refractivity contribution in [3.05, 3.63) is 17.5 Å². The lowest BCUT2D eigenvalue weighted by Gasteiger charge is -2.29. The first-order valence-electron chi connectivity index (χ1n) is 11.2. The summed E-state index contributed by atoms with van der Waals surface area (Å²) >= 11 is 0. The highest BCUT2D eigenvalue weighted by molar-refractivity contribution is 7.88. The van der Waals surface area contributed by atoms with Gasteiger partial charge in [-0.1, -0.05) is 20.3 Å². The summed E-state index contributed by atoms with van der Waals surface area (Å²) in [6.45, 7) is 7.08. The van der Waals surface area contributed by atoms with Gasteiger partial charge in [-0.15, -0.1) is 0 Å². The summed E-state index contributed by atoms with van der Waals surface area (Å²) in [4.78, 5) is 30.6. The van der Waals surface area contributed by atoms with Crippen molar-refractivity contribution in [3.63, 3.8) is 0 Å². The van der Waals surface area contributed by atoms with Crippen molar-refractivity contribution < 1.29 is 18.0 Å². The molecule has 31 heavy (non-hydrogen) atoms. The number of aryl methyl sites for hydroxylation is 1. The molecule has 2 amide bonds. The van der Waals surface area contributed by atoms with Crippen LogP contribution in [-0.4, -0.2) is 82.1 Å². The maximum absolute atomic E-state index is 13.5. The first-order chi connectivity index (χ1) is 14.6. The van der Waals surface area contributed by atoms with Gasteiger partial charge in [0.05, 0.1) is 30.0 Å². The summed E-state index contributed by atoms with van der Waals surface area (Å²) in [6.07, 6.45) is 5.19. The summed E-state index contributed by atoms with van der Waals surface area (Å²) in [5.74, 6) is -1.16. The maximum atomic E-state index is 13.5. The van der Waals surface area contributed by atoms with Crippen LogP contribution in [0.25, 0.3) is 0 Å². The molecular weight excluding hydrogens is 418 g/mol. The van der Waals surface area contributed by atoms with Crippen LogP contribution in [0.3, 0.4) is 0 Å². The molecule has 4 rings (SSSR count). The minimum absolute atomic E-state index is 0.0682. The molecule has 1 aromatic heterocycles. The van der Waals surface area contributed by atoms with Crippen molar-refractivity contribution in [1.29, 1.82) is 0 Å². The Balaban J connectivity index is 1.58. The number of nitrogens with zero attached hydrogens (tertiary/aromatic N) is 5. The standard InChI is InChI=1S/C21H33N5O4S/c1-14(2)18-19-16(26(21(18)28)31(4,29)30)8-11-25(19)20(27)17-12-15(22-23(17)3)13-24-9-6-5-7-10-24/h12,14,16,18-19H,5-11,13H2,1-4H3/t16-,18+,19-/m0/s1. The number of likely N-dealkylation sites (tertiary alicyclic amines) is 2. The van der Waals surface area contributed by atoms with E-state index in [1.165, 1.54) is 19.3 Å². The lowest BCUT2D eigenvalue weighted by atomic mass is 9.88. The third-order valence-corrected chi connectivity index (χ3v) is 8.08. The SMILES string of the molecule is CC(C)[C@H]1C(=O)N(S(C)(=O)=O)[C@H]2CCN(C(=O)c3cc(CN4CCCCC4)nn3C)[C@H]12. The molecule has 0 radical (unpaired) electrons. The Kier molecular flexibility index (Phi) is 5.89. The van der Waals surface area contributed by atoms with Gasteiger partial charge >= 0.3 is 0 Å². The van der Waals surface area contributed by atoms with Gasteiger partial charge in [0.25, 0.3) is 5.91 Å². The molecule has 0 aromatic carbocycles. The lowest BCUT2D eigenvalue weighted by molar-refractivity contribution is -0.129. The average molecular weight is 452 g/mol. The minimum Gasteiger partial charge on any atom is -0.331 e. The first kappa shape index (κ1) is 22.3. The van der Waals surface area contributed by atoms with E-state index in [1.54, 1.807) is 16.6 Å². The third-order valence-electron chi connectivity index (χ3n) is 6.91. The van der Waals surface area contributed by atoms with Gasteiger partial charge in [0, 0.05) is 20.1 Å². The van der Waals surface area contributed by atoms with E-state index in [0.29, 0.717) is 18.7 Å². The van der Waals surface area contributed by atoms with Gasteiger partial charge in [-0.25, -0.2) is 12.7 Å². The minimum atomic E-state index is -3.68. The van der Waals surface area contributed by atoms with Crippen LogP contribution in [0, 0.1) is 11.8 Å². The van der Waals surface area contributed by atoms with Gasteiger partial charge in [0.2, 0.25) is 15.9 Å². The quantitative estimate of drug-likeness (QED) is 0.664. The molecule has 1 aromatic rings. The Morgan fingerprint density at radius 3 is 2.48 bits per heavy atom. The molecule has 0 N–H and O–H groups in total. The van der Waals surface area contributed by atoms with Gasteiger partial charge < -0.3 is 4.90 Å². The van der Waals surface area contributed by atoms with Gasteiger partial charge in [-0.05, 0) is 44.3 Å². The Morgan fingerprint density at radius 1 is 1.19 bits per heavy atom. The molecule has 172 valence electrons. The summed E-state index contributed by atoms with van der Waals surface area (Å²) in [5, 5.41) is 4.56. The number of sulfonamides is 1. The highest BCUT2D eigenvalue weighted by atomic mass is 32.2. The van der Waals surface area contributed by atoms with Gasteiger partial charge in [0.15, 0.2) is 0 Å². The van der Waals surface area contributed by atoms with Crippen molar-refractivity contribution in [2.75, 3.05) is 25.9 Å². The van der Waals surface area contributed by atoms with Crippen LogP contribution < -0.4 is 0 Å². The summed E-state index contributed by atoms with van der Waals surface area (Å²) < 4.78 is 27.3. The largest absolute Gasteiger partial charge is 0.331 e. The number of amides is 2. The predicted molar refractivity (Wildman–Crippen MR) is 116 cm³/mol. The molecule has 0 saturated carbocycles. The Morgan fingerprint density at radius 2 is 1.87 bits per heavy atom. The number of hydrogen-bond acceptors (Lipinski definition) is 6.